The first-order valence-electron chi connectivity index (χ1n) is 9.47. The van der Waals surface area contributed by atoms with Crippen LogP contribution < -0.4 is 5.32 Å². The van der Waals surface area contributed by atoms with Crippen molar-refractivity contribution in [3.8, 4) is 0 Å². The Labute approximate surface area is 154 Å². The van der Waals surface area contributed by atoms with Crippen LogP contribution in [0.4, 0.5) is 0 Å². The van der Waals surface area contributed by atoms with Gasteiger partial charge in [0, 0.05) is 17.1 Å². The summed E-state index contributed by atoms with van der Waals surface area (Å²) in [5.41, 5.74) is 3.36. The number of pyridine rings is 1. The number of benzene rings is 1. The fourth-order valence-corrected chi connectivity index (χ4v) is 3.63. The SMILES string of the molecule is CCCC(C)NC(=O)COC(=O)c1c2c(nc3ccccc13)CCCC2. The van der Waals surface area contributed by atoms with Crippen molar-refractivity contribution in [1.29, 1.82) is 0 Å². The van der Waals surface area contributed by atoms with Crippen LogP contribution >= 0.6 is 0 Å². The maximum atomic E-state index is 12.8. The maximum absolute atomic E-state index is 12.8. The Morgan fingerprint density at radius 1 is 1.23 bits per heavy atom. The molecule has 0 saturated carbocycles. The summed E-state index contributed by atoms with van der Waals surface area (Å²) in [6.07, 6.45) is 5.75. The molecule has 1 amide bonds. The minimum absolute atomic E-state index is 0.0840. The highest BCUT2D eigenvalue weighted by molar-refractivity contribution is 6.05. The largest absolute Gasteiger partial charge is 0.452 e. The number of ether oxygens (including phenoxy) is 1. The Kier molecular flexibility index (Phi) is 5.86. The highest BCUT2D eigenvalue weighted by Crippen LogP contribution is 2.29. The molecular formula is C21H26N2O3. The van der Waals surface area contributed by atoms with E-state index in [0.29, 0.717) is 5.56 Å². The summed E-state index contributed by atoms with van der Waals surface area (Å²) in [5.74, 6) is -0.688. The summed E-state index contributed by atoms with van der Waals surface area (Å²) in [5, 5.41) is 3.66. The van der Waals surface area contributed by atoms with E-state index in [-0.39, 0.29) is 18.6 Å². The van der Waals surface area contributed by atoms with Gasteiger partial charge in [-0.05, 0) is 50.7 Å². The van der Waals surface area contributed by atoms with Gasteiger partial charge in [-0.15, -0.1) is 0 Å². The van der Waals surface area contributed by atoms with E-state index in [9.17, 15) is 9.59 Å². The van der Waals surface area contributed by atoms with Crippen molar-refractivity contribution in [2.45, 2.75) is 58.4 Å². The lowest BCUT2D eigenvalue weighted by Crippen LogP contribution is -2.35. The van der Waals surface area contributed by atoms with Crippen LogP contribution in [0.3, 0.4) is 0 Å². The van der Waals surface area contributed by atoms with Crippen molar-refractivity contribution >= 4 is 22.8 Å². The number of para-hydroxylation sites is 1. The molecule has 5 heteroatoms. The lowest BCUT2D eigenvalue weighted by atomic mass is 9.90. The lowest BCUT2D eigenvalue weighted by molar-refractivity contribution is -0.124. The minimum atomic E-state index is -0.431. The average Bonchev–Trinajstić information content (AvgIpc) is 2.64. The summed E-state index contributed by atoms with van der Waals surface area (Å²) in [4.78, 5) is 29.6. The van der Waals surface area contributed by atoms with E-state index in [1.165, 1.54) is 0 Å². The summed E-state index contributed by atoms with van der Waals surface area (Å²) < 4.78 is 5.36. The molecule has 0 saturated heterocycles. The third kappa shape index (κ3) is 4.03. The first kappa shape index (κ1) is 18.4. The second-order valence-electron chi connectivity index (χ2n) is 6.97. The number of hydrogen-bond acceptors (Lipinski definition) is 4. The Bertz CT molecular complexity index is 816. The van der Waals surface area contributed by atoms with Gasteiger partial charge in [-0.25, -0.2) is 4.79 Å². The number of amides is 1. The third-order valence-electron chi connectivity index (χ3n) is 4.84. The second kappa shape index (κ2) is 8.30. The molecule has 1 N–H and O–H groups in total. The highest BCUT2D eigenvalue weighted by Gasteiger charge is 2.24. The smallest absolute Gasteiger partial charge is 0.339 e. The zero-order valence-corrected chi connectivity index (χ0v) is 15.5. The third-order valence-corrected chi connectivity index (χ3v) is 4.84. The van der Waals surface area contributed by atoms with E-state index in [2.05, 4.69) is 12.2 Å². The Hall–Kier alpha value is -2.43. The Balaban J connectivity index is 1.80. The number of carbonyl (C=O) groups excluding carboxylic acids is 2. The van der Waals surface area contributed by atoms with E-state index in [0.717, 1.165) is 60.7 Å². The minimum Gasteiger partial charge on any atom is -0.452 e. The molecule has 1 aromatic heterocycles. The molecule has 0 radical (unpaired) electrons. The monoisotopic (exact) mass is 354 g/mol. The van der Waals surface area contributed by atoms with Crippen molar-refractivity contribution in [3.63, 3.8) is 0 Å². The van der Waals surface area contributed by atoms with E-state index in [1.807, 2.05) is 31.2 Å². The number of fused-ring (bicyclic) bond motifs is 2. The van der Waals surface area contributed by atoms with Crippen molar-refractivity contribution < 1.29 is 14.3 Å². The summed E-state index contributed by atoms with van der Waals surface area (Å²) in [7, 11) is 0. The summed E-state index contributed by atoms with van der Waals surface area (Å²) >= 11 is 0. The molecule has 1 aliphatic rings. The van der Waals surface area contributed by atoms with Crippen molar-refractivity contribution in [1.82, 2.24) is 10.3 Å². The standard InChI is InChI=1S/C21H26N2O3/c1-3-8-14(2)22-19(24)13-26-21(25)20-15-9-4-6-11-17(15)23-18-12-7-5-10-16(18)20/h4,6,9,11,14H,3,5,7-8,10,12-13H2,1-2H3,(H,22,24). The van der Waals surface area contributed by atoms with Crippen LogP contribution in [-0.2, 0) is 22.4 Å². The van der Waals surface area contributed by atoms with Gasteiger partial charge in [0.25, 0.3) is 5.91 Å². The number of hydrogen-bond donors (Lipinski definition) is 1. The van der Waals surface area contributed by atoms with Gasteiger partial charge in [-0.2, -0.15) is 0 Å². The predicted molar refractivity (Wildman–Crippen MR) is 101 cm³/mol. The first-order chi connectivity index (χ1) is 12.6. The van der Waals surface area contributed by atoms with E-state index in [4.69, 9.17) is 9.72 Å². The number of carbonyl (C=O) groups is 2. The molecule has 0 aliphatic heterocycles. The zero-order chi connectivity index (χ0) is 18.5. The van der Waals surface area contributed by atoms with Gasteiger partial charge < -0.3 is 10.1 Å². The van der Waals surface area contributed by atoms with Crippen molar-refractivity contribution in [2.24, 2.45) is 0 Å². The first-order valence-corrected chi connectivity index (χ1v) is 9.47. The quantitative estimate of drug-likeness (QED) is 0.805. The van der Waals surface area contributed by atoms with Gasteiger partial charge in [-0.1, -0.05) is 31.5 Å². The van der Waals surface area contributed by atoms with Gasteiger partial charge in [-0.3, -0.25) is 9.78 Å². The molecule has 1 heterocycles. The van der Waals surface area contributed by atoms with Crippen LogP contribution in [-0.4, -0.2) is 29.5 Å². The molecule has 0 spiro atoms. The van der Waals surface area contributed by atoms with E-state index < -0.39 is 5.97 Å². The molecule has 3 rings (SSSR count). The molecule has 1 unspecified atom stereocenters. The van der Waals surface area contributed by atoms with E-state index in [1.54, 1.807) is 0 Å². The molecule has 26 heavy (non-hydrogen) atoms. The number of nitrogens with zero attached hydrogens (tertiary/aromatic N) is 1. The zero-order valence-electron chi connectivity index (χ0n) is 15.5. The average molecular weight is 354 g/mol. The van der Waals surface area contributed by atoms with Gasteiger partial charge in [0.2, 0.25) is 0 Å². The number of aromatic nitrogens is 1. The van der Waals surface area contributed by atoms with Crippen molar-refractivity contribution in [2.75, 3.05) is 6.61 Å². The number of rotatable bonds is 6. The molecular weight excluding hydrogens is 328 g/mol. The fourth-order valence-electron chi connectivity index (χ4n) is 3.63. The van der Waals surface area contributed by atoms with Crippen LogP contribution in [0.25, 0.3) is 10.9 Å². The van der Waals surface area contributed by atoms with Crippen LogP contribution in [0.5, 0.6) is 0 Å². The summed E-state index contributed by atoms with van der Waals surface area (Å²) in [6.45, 7) is 3.77. The predicted octanol–water partition coefficient (Wildman–Crippen LogP) is 3.58. The Morgan fingerprint density at radius 2 is 2.00 bits per heavy atom. The molecule has 1 aromatic carbocycles. The molecule has 138 valence electrons. The van der Waals surface area contributed by atoms with Crippen molar-refractivity contribution in [3.05, 3.63) is 41.1 Å². The summed E-state index contributed by atoms with van der Waals surface area (Å²) in [6, 6.07) is 7.72. The number of esters is 1. The lowest BCUT2D eigenvalue weighted by Gasteiger charge is -2.20. The van der Waals surface area contributed by atoms with E-state index >= 15 is 0 Å². The van der Waals surface area contributed by atoms with Crippen LogP contribution in [0.15, 0.2) is 24.3 Å². The van der Waals surface area contributed by atoms with Crippen LogP contribution in [0, 0.1) is 0 Å². The molecule has 1 atom stereocenters. The fraction of sp³-hybridized carbons (Fsp3) is 0.476. The number of nitrogens with one attached hydrogen (secondary N) is 1. The molecule has 2 aromatic rings. The van der Waals surface area contributed by atoms with Crippen LogP contribution in [0.2, 0.25) is 0 Å². The van der Waals surface area contributed by atoms with Gasteiger partial charge in [0.1, 0.15) is 0 Å². The van der Waals surface area contributed by atoms with Gasteiger partial charge >= 0.3 is 5.97 Å². The Morgan fingerprint density at radius 3 is 2.81 bits per heavy atom. The maximum Gasteiger partial charge on any atom is 0.339 e. The number of aryl methyl sites for hydroxylation is 1. The van der Waals surface area contributed by atoms with Gasteiger partial charge in [0.15, 0.2) is 6.61 Å². The van der Waals surface area contributed by atoms with Gasteiger partial charge in [0.05, 0.1) is 11.1 Å². The highest BCUT2D eigenvalue weighted by atomic mass is 16.5. The molecule has 1 aliphatic carbocycles. The molecule has 5 nitrogen and oxygen atoms in total. The normalized spacial score (nSPS) is 14.5. The molecule has 0 fully saturated rings. The van der Waals surface area contributed by atoms with Crippen LogP contribution in [0.1, 0.15) is 61.1 Å². The second-order valence-corrected chi connectivity index (χ2v) is 6.97. The topological polar surface area (TPSA) is 68.3 Å². The molecule has 0 bridgehead atoms.